The number of methoxy groups -OCH3 is 1. The molecule has 0 fully saturated rings. The predicted octanol–water partition coefficient (Wildman–Crippen LogP) is 1.90. The van der Waals surface area contributed by atoms with Gasteiger partial charge in [-0.05, 0) is 5.56 Å². The van der Waals surface area contributed by atoms with Gasteiger partial charge < -0.3 is 47.4 Å². The average Bonchev–Trinajstić information content (AvgIpc) is 2.94. The molecule has 0 saturated heterocycles. The van der Waals surface area contributed by atoms with Crippen LogP contribution >= 0.6 is 0 Å². The van der Waals surface area contributed by atoms with Gasteiger partial charge in [-0.3, -0.25) is 4.79 Å². The van der Waals surface area contributed by atoms with E-state index in [9.17, 15) is 4.79 Å². The van der Waals surface area contributed by atoms with Crippen LogP contribution in [0.3, 0.4) is 0 Å². The van der Waals surface area contributed by atoms with Gasteiger partial charge in [-0.2, -0.15) is 0 Å². The topological polar surface area (TPSA) is 109 Å². The van der Waals surface area contributed by atoms with Gasteiger partial charge >= 0.3 is 5.97 Å². The van der Waals surface area contributed by atoms with Crippen LogP contribution in [0.4, 0.5) is 0 Å². The highest BCUT2D eigenvalue weighted by molar-refractivity contribution is 5.69. The molecule has 0 heterocycles. The summed E-state index contributed by atoms with van der Waals surface area (Å²) < 4.78 is 53.4. The van der Waals surface area contributed by atoms with Gasteiger partial charge in [0, 0.05) is 0 Å². The normalized spacial score (nSPS) is 11.2. The van der Waals surface area contributed by atoms with Gasteiger partial charge in [0.2, 0.25) is 0 Å². The molecule has 0 aliphatic heterocycles. The lowest BCUT2D eigenvalue weighted by atomic mass is 10.2. The second kappa shape index (κ2) is 28.3. The minimum atomic E-state index is -0.283. The van der Waals surface area contributed by atoms with Gasteiger partial charge in [0.1, 0.15) is 0 Å². The molecule has 0 aliphatic carbocycles. The fourth-order valence-electron chi connectivity index (χ4n) is 2.78. The number of rotatable bonds is 29. The second-order valence-corrected chi connectivity index (χ2v) is 7.76. The smallest absolute Gasteiger partial charge is 0.307 e. The lowest BCUT2D eigenvalue weighted by Crippen LogP contribution is -2.15. The van der Waals surface area contributed by atoms with E-state index in [0.29, 0.717) is 119 Å². The van der Waals surface area contributed by atoms with Crippen molar-refractivity contribution in [2.75, 3.05) is 119 Å². The summed E-state index contributed by atoms with van der Waals surface area (Å²) in [4.78, 5) is 10.9. The number of benzene rings is 1. The number of carbonyl (C=O) groups is 1. The van der Waals surface area contributed by atoms with Crippen molar-refractivity contribution in [3.63, 3.8) is 0 Å². The predicted molar refractivity (Wildman–Crippen MR) is 139 cm³/mol. The first-order valence-electron chi connectivity index (χ1n) is 13.1. The first-order valence-corrected chi connectivity index (χ1v) is 13.1. The van der Waals surface area contributed by atoms with Gasteiger partial charge in [-0.15, -0.1) is 0 Å². The highest BCUT2D eigenvalue weighted by Gasteiger charge is 1.99. The molecule has 0 N–H and O–H groups in total. The zero-order valence-corrected chi connectivity index (χ0v) is 22.8. The van der Waals surface area contributed by atoms with Crippen LogP contribution < -0.4 is 0 Å². The lowest BCUT2D eigenvalue weighted by Gasteiger charge is -2.09. The number of carbonyl (C=O) groups excluding carboxylic acids is 1. The van der Waals surface area contributed by atoms with E-state index in [4.69, 9.17) is 42.6 Å². The Morgan fingerprint density at radius 1 is 0.474 bits per heavy atom. The van der Waals surface area contributed by atoms with E-state index in [1.807, 2.05) is 30.3 Å². The summed E-state index contributed by atoms with van der Waals surface area (Å²) in [5.41, 5.74) is 1.16. The molecule has 1 aromatic carbocycles. The summed E-state index contributed by atoms with van der Waals surface area (Å²) >= 11 is 0. The Labute approximate surface area is 226 Å². The van der Waals surface area contributed by atoms with Crippen molar-refractivity contribution in [2.45, 2.75) is 13.0 Å². The quantitative estimate of drug-likeness (QED) is 0.109. The third kappa shape index (κ3) is 24.7. The molecule has 220 valence electrons. The van der Waals surface area contributed by atoms with Crippen LogP contribution in [-0.2, 0) is 58.8 Å². The zero-order chi connectivity index (χ0) is 27.2. The molecular weight excluding hydrogens is 500 g/mol. The van der Waals surface area contributed by atoms with Crippen molar-refractivity contribution in [1.82, 2.24) is 0 Å². The lowest BCUT2D eigenvalue weighted by molar-refractivity contribution is -0.141. The van der Waals surface area contributed by atoms with Gasteiger partial charge in [0.25, 0.3) is 0 Å². The van der Waals surface area contributed by atoms with E-state index in [1.165, 1.54) is 7.11 Å². The number of hydrogen-bond donors (Lipinski definition) is 0. The Balaban J connectivity index is 1.63. The van der Waals surface area contributed by atoms with Crippen molar-refractivity contribution in [1.29, 1.82) is 0 Å². The molecule has 0 bridgehead atoms. The van der Waals surface area contributed by atoms with E-state index in [0.717, 1.165) is 5.56 Å². The SMILES string of the molecule is COC(=O)CCOCCOCCOCCOCCOCCOCCOCCOCCOCc1ccccc1. The van der Waals surface area contributed by atoms with E-state index >= 15 is 0 Å². The summed E-state index contributed by atoms with van der Waals surface area (Å²) in [6.07, 6.45) is 0.249. The van der Waals surface area contributed by atoms with E-state index in [2.05, 4.69) is 4.74 Å². The molecule has 0 radical (unpaired) electrons. The van der Waals surface area contributed by atoms with Crippen LogP contribution in [0, 0.1) is 0 Å². The Morgan fingerprint density at radius 2 is 0.789 bits per heavy atom. The molecule has 38 heavy (non-hydrogen) atoms. The monoisotopic (exact) mass is 546 g/mol. The summed E-state index contributed by atoms with van der Waals surface area (Å²) in [6.45, 7) is 9.02. The first kappa shape index (κ1) is 34.4. The third-order valence-corrected chi connectivity index (χ3v) is 4.77. The Hall–Kier alpha value is -1.67. The highest BCUT2D eigenvalue weighted by Crippen LogP contribution is 2.00. The summed E-state index contributed by atoms with van der Waals surface area (Å²) in [6, 6.07) is 10.1. The van der Waals surface area contributed by atoms with Crippen molar-refractivity contribution in [3.8, 4) is 0 Å². The van der Waals surface area contributed by atoms with E-state index in [-0.39, 0.29) is 12.4 Å². The Bertz CT molecular complexity index is 618. The molecule has 0 atom stereocenters. The van der Waals surface area contributed by atoms with Gasteiger partial charge in [-0.25, -0.2) is 0 Å². The van der Waals surface area contributed by atoms with Crippen LogP contribution in [0.1, 0.15) is 12.0 Å². The van der Waals surface area contributed by atoms with Crippen LogP contribution in [0.2, 0.25) is 0 Å². The second-order valence-electron chi connectivity index (χ2n) is 7.76. The molecule has 11 heteroatoms. The fourth-order valence-corrected chi connectivity index (χ4v) is 2.78. The Morgan fingerprint density at radius 3 is 1.13 bits per heavy atom. The molecule has 11 nitrogen and oxygen atoms in total. The van der Waals surface area contributed by atoms with E-state index in [1.54, 1.807) is 0 Å². The van der Waals surface area contributed by atoms with Crippen LogP contribution in [0.5, 0.6) is 0 Å². The minimum absolute atomic E-state index is 0.249. The standard InChI is InChI=1S/C27H46O11/c1-29-27(28)7-8-30-9-10-31-11-12-32-13-14-33-15-16-34-17-18-35-19-20-36-21-22-37-23-24-38-25-26-5-3-2-4-6-26/h2-6H,7-25H2,1H3. The molecular formula is C27H46O11. The summed E-state index contributed by atoms with van der Waals surface area (Å²) in [5.74, 6) is -0.283. The average molecular weight is 547 g/mol. The summed E-state index contributed by atoms with van der Waals surface area (Å²) in [5, 5.41) is 0. The maximum Gasteiger partial charge on any atom is 0.307 e. The van der Waals surface area contributed by atoms with Crippen molar-refractivity contribution < 1.29 is 52.2 Å². The first-order chi connectivity index (χ1) is 18.8. The fraction of sp³-hybridized carbons (Fsp3) is 0.741. The van der Waals surface area contributed by atoms with Crippen molar-refractivity contribution in [2.24, 2.45) is 0 Å². The zero-order valence-electron chi connectivity index (χ0n) is 22.8. The highest BCUT2D eigenvalue weighted by atomic mass is 16.6. The maximum atomic E-state index is 10.9. The Kier molecular flexibility index (Phi) is 25.6. The van der Waals surface area contributed by atoms with Crippen LogP contribution in [-0.4, -0.2) is 125 Å². The van der Waals surface area contributed by atoms with E-state index < -0.39 is 0 Å². The summed E-state index contributed by atoms with van der Waals surface area (Å²) in [7, 11) is 1.35. The van der Waals surface area contributed by atoms with Crippen molar-refractivity contribution in [3.05, 3.63) is 35.9 Å². The van der Waals surface area contributed by atoms with Crippen molar-refractivity contribution >= 4 is 5.97 Å². The number of ether oxygens (including phenoxy) is 10. The minimum Gasteiger partial charge on any atom is -0.469 e. The molecule has 0 saturated carbocycles. The van der Waals surface area contributed by atoms with Gasteiger partial charge in [-0.1, -0.05) is 30.3 Å². The molecule has 0 aromatic heterocycles. The molecule has 0 aliphatic rings. The molecule has 1 rings (SSSR count). The molecule has 0 spiro atoms. The van der Waals surface area contributed by atoms with Gasteiger partial charge in [0.15, 0.2) is 0 Å². The molecule has 0 unspecified atom stereocenters. The number of esters is 1. The molecule has 1 aromatic rings. The third-order valence-electron chi connectivity index (χ3n) is 4.77. The number of hydrogen-bond acceptors (Lipinski definition) is 11. The van der Waals surface area contributed by atoms with Crippen LogP contribution in [0.25, 0.3) is 0 Å². The van der Waals surface area contributed by atoms with Gasteiger partial charge in [0.05, 0.1) is 132 Å². The maximum absolute atomic E-state index is 10.9. The largest absolute Gasteiger partial charge is 0.469 e. The van der Waals surface area contributed by atoms with Crippen LogP contribution in [0.15, 0.2) is 30.3 Å². The molecule has 0 amide bonds.